The van der Waals surface area contributed by atoms with Crippen LogP contribution in [-0.2, 0) is 19.1 Å². The van der Waals surface area contributed by atoms with Gasteiger partial charge in [0.1, 0.15) is 6.61 Å². The normalized spacial score (nSPS) is 19.8. The smallest absolute Gasteiger partial charge is 0.407 e. The molecule has 3 unspecified atom stereocenters. The topological polar surface area (TPSA) is 114 Å². The number of methoxy groups -OCH3 is 1. The van der Waals surface area contributed by atoms with Crippen LogP contribution in [0.25, 0.3) is 11.1 Å². The van der Waals surface area contributed by atoms with Gasteiger partial charge in [-0.1, -0.05) is 55.0 Å². The van der Waals surface area contributed by atoms with Crippen molar-refractivity contribution in [2.75, 3.05) is 20.3 Å². The van der Waals surface area contributed by atoms with Crippen molar-refractivity contribution >= 4 is 18.0 Å². The number of aliphatic carboxylic acids is 1. The molecule has 186 valence electrons. The number of ether oxygens (including phenoxy) is 2. The lowest BCUT2D eigenvalue weighted by atomic mass is 9.85. The summed E-state index contributed by atoms with van der Waals surface area (Å²) in [6.45, 7) is 0.341. The van der Waals surface area contributed by atoms with Gasteiger partial charge in [-0.15, -0.1) is 0 Å². The van der Waals surface area contributed by atoms with Crippen LogP contribution in [-0.4, -0.2) is 55.5 Å². The third-order valence-electron chi connectivity index (χ3n) is 6.95. The summed E-state index contributed by atoms with van der Waals surface area (Å²) in [6.07, 6.45) is 1.61. The lowest BCUT2D eigenvalue weighted by molar-refractivity contribution is -0.143. The van der Waals surface area contributed by atoms with E-state index in [1.807, 2.05) is 24.3 Å². The van der Waals surface area contributed by atoms with E-state index in [-0.39, 0.29) is 37.4 Å². The first-order chi connectivity index (χ1) is 17.0. The van der Waals surface area contributed by atoms with E-state index in [1.165, 1.54) is 7.11 Å². The van der Waals surface area contributed by atoms with Gasteiger partial charge in [-0.25, -0.2) is 4.79 Å². The molecule has 35 heavy (non-hydrogen) atoms. The van der Waals surface area contributed by atoms with E-state index in [1.54, 1.807) is 0 Å². The second-order valence-corrected chi connectivity index (χ2v) is 9.23. The molecule has 8 nitrogen and oxygen atoms in total. The molecule has 4 rings (SSSR count). The van der Waals surface area contributed by atoms with Crippen LogP contribution in [0, 0.1) is 5.92 Å². The van der Waals surface area contributed by atoms with Gasteiger partial charge in [-0.05, 0) is 41.5 Å². The summed E-state index contributed by atoms with van der Waals surface area (Å²) in [7, 11) is 1.48. The standard InChI is InChI=1S/C27H32N2O6/c1-34-19(14-25(30)29-18-8-6-7-17(13-18)26(31)32)15-28-27(33)35-16-24-22-11-4-2-9-20(22)21-10-3-5-12-23(21)24/h2-5,9-12,17-19,24H,6-8,13-16H2,1H3,(H,28,33)(H,29,30)(H,31,32). The molecular weight excluding hydrogens is 448 g/mol. The van der Waals surface area contributed by atoms with Gasteiger partial charge in [-0.3, -0.25) is 9.59 Å². The predicted molar refractivity (Wildman–Crippen MR) is 130 cm³/mol. The Balaban J connectivity index is 1.24. The number of carbonyl (C=O) groups is 3. The highest BCUT2D eigenvalue weighted by molar-refractivity contribution is 5.79. The number of hydrogen-bond acceptors (Lipinski definition) is 5. The zero-order chi connectivity index (χ0) is 24.8. The van der Waals surface area contributed by atoms with Crippen LogP contribution >= 0.6 is 0 Å². The molecule has 2 aromatic carbocycles. The van der Waals surface area contributed by atoms with Gasteiger partial charge in [0.05, 0.1) is 18.4 Å². The number of alkyl carbamates (subject to hydrolysis) is 1. The van der Waals surface area contributed by atoms with Gasteiger partial charge >= 0.3 is 12.1 Å². The molecule has 0 saturated heterocycles. The van der Waals surface area contributed by atoms with Gasteiger partial charge in [0.15, 0.2) is 0 Å². The zero-order valence-electron chi connectivity index (χ0n) is 19.9. The summed E-state index contributed by atoms with van der Waals surface area (Å²) in [5.41, 5.74) is 4.60. The first kappa shape index (κ1) is 24.7. The maximum Gasteiger partial charge on any atom is 0.407 e. The molecule has 3 N–H and O–H groups in total. The maximum absolute atomic E-state index is 12.5. The number of hydrogen-bond donors (Lipinski definition) is 3. The van der Waals surface area contributed by atoms with E-state index in [4.69, 9.17) is 9.47 Å². The fourth-order valence-corrected chi connectivity index (χ4v) is 5.12. The van der Waals surface area contributed by atoms with E-state index in [2.05, 4.69) is 34.9 Å². The Labute approximate surface area is 205 Å². The molecule has 8 heteroatoms. The Morgan fingerprint density at radius 1 is 1.03 bits per heavy atom. The van der Waals surface area contributed by atoms with Crippen molar-refractivity contribution in [1.82, 2.24) is 10.6 Å². The molecule has 2 aliphatic rings. The number of amides is 2. The molecule has 0 spiro atoms. The van der Waals surface area contributed by atoms with Gasteiger partial charge in [0.25, 0.3) is 0 Å². The fourth-order valence-electron chi connectivity index (χ4n) is 5.12. The fraction of sp³-hybridized carbons (Fsp3) is 0.444. The van der Waals surface area contributed by atoms with Crippen molar-refractivity contribution in [2.45, 2.75) is 50.2 Å². The Kier molecular flexibility index (Phi) is 8.02. The van der Waals surface area contributed by atoms with Crippen molar-refractivity contribution in [3.8, 4) is 11.1 Å². The number of benzene rings is 2. The number of fused-ring (bicyclic) bond motifs is 3. The number of carbonyl (C=O) groups excluding carboxylic acids is 2. The minimum Gasteiger partial charge on any atom is -0.481 e. The Bertz CT molecular complexity index is 1030. The summed E-state index contributed by atoms with van der Waals surface area (Å²) in [6, 6.07) is 16.1. The molecule has 0 aromatic heterocycles. The lowest BCUT2D eigenvalue weighted by Gasteiger charge is -2.28. The molecule has 1 fully saturated rings. The Hall–Kier alpha value is -3.39. The van der Waals surface area contributed by atoms with E-state index in [0.717, 1.165) is 35.1 Å². The Morgan fingerprint density at radius 3 is 2.31 bits per heavy atom. The molecule has 0 bridgehead atoms. The molecule has 0 heterocycles. The van der Waals surface area contributed by atoms with E-state index >= 15 is 0 Å². The molecular formula is C27H32N2O6. The van der Waals surface area contributed by atoms with Crippen LogP contribution in [0.4, 0.5) is 4.79 Å². The third kappa shape index (κ3) is 6.00. The van der Waals surface area contributed by atoms with E-state index in [9.17, 15) is 19.5 Å². The van der Waals surface area contributed by atoms with Gasteiger partial charge in [0.2, 0.25) is 5.91 Å². The third-order valence-corrected chi connectivity index (χ3v) is 6.95. The first-order valence-corrected chi connectivity index (χ1v) is 12.1. The van der Waals surface area contributed by atoms with Crippen molar-refractivity contribution in [1.29, 1.82) is 0 Å². The second-order valence-electron chi connectivity index (χ2n) is 9.23. The monoisotopic (exact) mass is 480 g/mol. The second kappa shape index (κ2) is 11.4. The number of carboxylic acids is 1. The lowest BCUT2D eigenvalue weighted by Crippen LogP contribution is -2.43. The highest BCUT2D eigenvalue weighted by atomic mass is 16.5. The number of nitrogens with one attached hydrogen (secondary N) is 2. The van der Waals surface area contributed by atoms with Crippen molar-refractivity contribution in [3.63, 3.8) is 0 Å². The largest absolute Gasteiger partial charge is 0.481 e. The predicted octanol–water partition coefficient (Wildman–Crippen LogP) is 3.69. The van der Waals surface area contributed by atoms with Gasteiger partial charge in [0, 0.05) is 25.6 Å². The maximum atomic E-state index is 12.5. The molecule has 2 amide bonds. The highest BCUT2D eigenvalue weighted by Gasteiger charge is 2.30. The van der Waals surface area contributed by atoms with Crippen LogP contribution in [0.2, 0.25) is 0 Å². The molecule has 0 aliphatic heterocycles. The van der Waals surface area contributed by atoms with Gasteiger partial charge < -0.3 is 25.2 Å². The average Bonchev–Trinajstić information content (AvgIpc) is 3.19. The minimum absolute atomic E-state index is 0.0257. The summed E-state index contributed by atoms with van der Waals surface area (Å²) < 4.78 is 10.9. The van der Waals surface area contributed by atoms with E-state index < -0.39 is 24.1 Å². The molecule has 3 atom stereocenters. The summed E-state index contributed by atoms with van der Waals surface area (Å²) in [5.74, 6) is -1.47. The van der Waals surface area contributed by atoms with Crippen molar-refractivity contribution in [3.05, 3.63) is 59.7 Å². The van der Waals surface area contributed by atoms with Crippen LogP contribution in [0.15, 0.2) is 48.5 Å². The summed E-state index contributed by atoms with van der Waals surface area (Å²) >= 11 is 0. The number of rotatable bonds is 9. The van der Waals surface area contributed by atoms with Crippen LogP contribution in [0.1, 0.15) is 49.1 Å². The average molecular weight is 481 g/mol. The zero-order valence-corrected chi connectivity index (χ0v) is 19.9. The van der Waals surface area contributed by atoms with Crippen LogP contribution in [0.5, 0.6) is 0 Å². The van der Waals surface area contributed by atoms with Gasteiger partial charge in [-0.2, -0.15) is 0 Å². The van der Waals surface area contributed by atoms with Crippen LogP contribution in [0.3, 0.4) is 0 Å². The Morgan fingerprint density at radius 2 is 1.69 bits per heavy atom. The molecule has 2 aliphatic carbocycles. The first-order valence-electron chi connectivity index (χ1n) is 12.1. The van der Waals surface area contributed by atoms with Crippen LogP contribution < -0.4 is 10.6 Å². The van der Waals surface area contributed by atoms with E-state index in [0.29, 0.717) is 12.8 Å². The summed E-state index contributed by atoms with van der Waals surface area (Å²) in [4.78, 5) is 36.1. The quantitative estimate of drug-likeness (QED) is 0.504. The highest BCUT2D eigenvalue weighted by Crippen LogP contribution is 2.44. The van der Waals surface area contributed by atoms with Crippen molar-refractivity contribution in [2.24, 2.45) is 5.92 Å². The number of carboxylic acid groups (broad SMARTS) is 1. The molecule has 0 radical (unpaired) electrons. The molecule has 2 aromatic rings. The minimum atomic E-state index is -0.814. The molecule has 1 saturated carbocycles. The van der Waals surface area contributed by atoms with Crippen molar-refractivity contribution < 1.29 is 29.0 Å². The SMILES string of the molecule is COC(CNC(=O)OCC1c2ccccc2-c2ccccc21)CC(=O)NC1CCCC(C(=O)O)C1. The summed E-state index contributed by atoms with van der Waals surface area (Å²) in [5, 5.41) is 14.8.